The number of carboxylic acids is 1. The van der Waals surface area contributed by atoms with Crippen LogP contribution in [0.25, 0.3) is 10.8 Å². The fraction of sp³-hybridized carbons (Fsp3) is 0.294. The summed E-state index contributed by atoms with van der Waals surface area (Å²) in [7, 11) is 3.83. The molecule has 0 aliphatic heterocycles. The summed E-state index contributed by atoms with van der Waals surface area (Å²) in [5.41, 5.74) is 0.999. The quantitative estimate of drug-likeness (QED) is 0.879. The molecule has 0 saturated carbocycles. The van der Waals surface area contributed by atoms with E-state index in [0.717, 1.165) is 16.5 Å². The SMILES string of the molecule is CC(C)OC(=O)c1cc2cc(N(C)C)ccc2cc1C(=O)O. The van der Waals surface area contributed by atoms with Crippen molar-refractivity contribution in [3.05, 3.63) is 41.5 Å². The van der Waals surface area contributed by atoms with E-state index < -0.39 is 11.9 Å². The molecule has 0 aliphatic rings. The molecule has 1 N–H and O–H groups in total. The van der Waals surface area contributed by atoms with Gasteiger partial charge in [-0.25, -0.2) is 9.59 Å². The number of aromatic carboxylic acids is 1. The van der Waals surface area contributed by atoms with E-state index in [2.05, 4.69) is 0 Å². The van der Waals surface area contributed by atoms with Crippen LogP contribution in [0.1, 0.15) is 34.6 Å². The van der Waals surface area contributed by atoms with Gasteiger partial charge in [0.1, 0.15) is 0 Å². The predicted octanol–water partition coefficient (Wildman–Crippen LogP) is 3.17. The molecule has 0 saturated heterocycles. The first kappa shape index (κ1) is 15.8. The first-order chi connectivity index (χ1) is 10.3. The minimum atomic E-state index is -1.14. The molecule has 22 heavy (non-hydrogen) atoms. The zero-order valence-electron chi connectivity index (χ0n) is 13.1. The Labute approximate surface area is 129 Å². The zero-order valence-corrected chi connectivity index (χ0v) is 13.1. The smallest absolute Gasteiger partial charge is 0.339 e. The maximum absolute atomic E-state index is 12.1. The summed E-state index contributed by atoms with van der Waals surface area (Å²) >= 11 is 0. The van der Waals surface area contributed by atoms with Gasteiger partial charge in [-0.15, -0.1) is 0 Å². The molecule has 0 radical (unpaired) electrons. The van der Waals surface area contributed by atoms with Gasteiger partial charge >= 0.3 is 11.9 Å². The molecule has 0 amide bonds. The number of carboxylic acid groups (broad SMARTS) is 1. The summed E-state index contributed by atoms with van der Waals surface area (Å²) in [6, 6.07) is 8.74. The number of carbonyl (C=O) groups excluding carboxylic acids is 1. The van der Waals surface area contributed by atoms with Gasteiger partial charge < -0.3 is 14.7 Å². The van der Waals surface area contributed by atoms with Gasteiger partial charge in [0.25, 0.3) is 0 Å². The summed E-state index contributed by atoms with van der Waals surface area (Å²) in [6.45, 7) is 3.45. The fourth-order valence-corrected chi connectivity index (χ4v) is 2.19. The molecule has 0 bridgehead atoms. The highest BCUT2D eigenvalue weighted by Crippen LogP contribution is 2.25. The van der Waals surface area contributed by atoms with Crippen molar-refractivity contribution in [3.8, 4) is 0 Å². The Morgan fingerprint density at radius 1 is 1.05 bits per heavy atom. The first-order valence-electron chi connectivity index (χ1n) is 6.99. The van der Waals surface area contributed by atoms with Gasteiger partial charge in [-0.05, 0) is 48.9 Å². The van der Waals surface area contributed by atoms with E-state index >= 15 is 0 Å². The highest BCUT2D eigenvalue weighted by atomic mass is 16.5. The lowest BCUT2D eigenvalue weighted by Gasteiger charge is -2.15. The van der Waals surface area contributed by atoms with Crippen LogP contribution in [0.5, 0.6) is 0 Å². The number of benzene rings is 2. The van der Waals surface area contributed by atoms with Gasteiger partial charge in [-0.2, -0.15) is 0 Å². The van der Waals surface area contributed by atoms with Crippen molar-refractivity contribution >= 4 is 28.4 Å². The third-order valence-electron chi connectivity index (χ3n) is 3.27. The largest absolute Gasteiger partial charge is 0.478 e. The van der Waals surface area contributed by atoms with Crippen molar-refractivity contribution in [2.45, 2.75) is 20.0 Å². The molecular formula is C17H19NO4. The van der Waals surface area contributed by atoms with Crippen molar-refractivity contribution in [1.82, 2.24) is 0 Å². The van der Waals surface area contributed by atoms with Gasteiger partial charge in [-0.3, -0.25) is 0 Å². The molecule has 2 aromatic rings. The average molecular weight is 301 g/mol. The fourth-order valence-electron chi connectivity index (χ4n) is 2.19. The van der Waals surface area contributed by atoms with E-state index in [1.165, 1.54) is 6.07 Å². The molecular weight excluding hydrogens is 282 g/mol. The summed E-state index contributed by atoms with van der Waals surface area (Å²) in [4.78, 5) is 25.5. The number of hydrogen-bond donors (Lipinski definition) is 1. The minimum absolute atomic E-state index is 0.0456. The minimum Gasteiger partial charge on any atom is -0.478 e. The number of carbonyl (C=O) groups is 2. The molecule has 2 aromatic carbocycles. The maximum Gasteiger partial charge on any atom is 0.339 e. The van der Waals surface area contributed by atoms with Crippen LogP contribution in [0.2, 0.25) is 0 Å². The van der Waals surface area contributed by atoms with Gasteiger partial charge in [0.05, 0.1) is 17.2 Å². The molecule has 0 spiro atoms. The molecule has 0 aromatic heterocycles. The Balaban J connectivity index is 2.63. The summed E-state index contributed by atoms with van der Waals surface area (Å²) in [6.07, 6.45) is -0.307. The molecule has 0 fully saturated rings. The van der Waals surface area contributed by atoms with E-state index in [1.807, 2.05) is 37.2 Å². The second kappa shape index (κ2) is 6.05. The monoisotopic (exact) mass is 301 g/mol. The van der Waals surface area contributed by atoms with Crippen LogP contribution in [-0.2, 0) is 4.74 Å². The van der Waals surface area contributed by atoms with Gasteiger partial charge in [0.15, 0.2) is 0 Å². The normalized spacial score (nSPS) is 10.8. The molecule has 5 nitrogen and oxygen atoms in total. The number of esters is 1. The summed E-state index contributed by atoms with van der Waals surface area (Å²) in [5.74, 6) is -1.76. The van der Waals surface area contributed by atoms with Crippen molar-refractivity contribution in [2.24, 2.45) is 0 Å². The van der Waals surface area contributed by atoms with Crippen LogP contribution in [0, 0.1) is 0 Å². The van der Waals surface area contributed by atoms with Crippen LogP contribution in [-0.4, -0.2) is 37.2 Å². The Morgan fingerprint density at radius 3 is 2.23 bits per heavy atom. The highest BCUT2D eigenvalue weighted by molar-refractivity contribution is 6.07. The zero-order chi connectivity index (χ0) is 16.4. The Kier molecular flexibility index (Phi) is 4.35. The summed E-state index contributed by atoms with van der Waals surface area (Å²) < 4.78 is 5.14. The number of fused-ring (bicyclic) bond motifs is 1. The van der Waals surface area contributed by atoms with E-state index in [0.29, 0.717) is 0 Å². The number of ether oxygens (including phenoxy) is 1. The van der Waals surface area contributed by atoms with Gasteiger partial charge in [0, 0.05) is 19.8 Å². The predicted molar refractivity (Wildman–Crippen MR) is 85.8 cm³/mol. The lowest BCUT2D eigenvalue weighted by molar-refractivity contribution is 0.0371. The van der Waals surface area contributed by atoms with Crippen LogP contribution in [0.4, 0.5) is 5.69 Å². The molecule has 5 heteroatoms. The van der Waals surface area contributed by atoms with Crippen molar-refractivity contribution in [3.63, 3.8) is 0 Å². The lowest BCUT2D eigenvalue weighted by Crippen LogP contribution is -2.15. The Bertz CT molecular complexity index is 735. The van der Waals surface area contributed by atoms with Crippen molar-refractivity contribution < 1.29 is 19.4 Å². The second-order valence-electron chi connectivity index (χ2n) is 5.58. The average Bonchev–Trinajstić information content (AvgIpc) is 2.44. The number of nitrogens with zero attached hydrogens (tertiary/aromatic N) is 1. The van der Waals surface area contributed by atoms with Crippen LogP contribution in [0.3, 0.4) is 0 Å². The Hall–Kier alpha value is -2.56. The highest BCUT2D eigenvalue weighted by Gasteiger charge is 2.20. The molecule has 0 unspecified atom stereocenters. The third-order valence-corrected chi connectivity index (χ3v) is 3.27. The molecule has 0 atom stereocenters. The second-order valence-corrected chi connectivity index (χ2v) is 5.58. The topological polar surface area (TPSA) is 66.8 Å². The molecule has 0 heterocycles. The third kappa shape index (κ3) is 3.19. The number of hydrogen-bond acceptors (Lipinski definition) is 4. The molecule has 116 valence electrons. The van der Waals surface area contributed by atoms with Crippen molar-refractivity contribution in [1.29, 1.82) is 0 Å². The van der Waals surface area contributed by atoms with Gasteiger partial charge in [-0.1, -0.05) is 6.07 Å². The molecule has 0 aliphatic carbocycles. The van der Waals surface area contributed by atoms with Crippen LogP contribution in [0.15, 0.2) is 30.3 Å². The van der Waals surface area contributed by atoms with E-state index in [1.54, 1.807) is 19.9 Å². The Morgan fingerprint density at radius 2 is 1.68 bits per heavy atom. The first-order valence-corrected chi connectivity index (χ1v) is 6.99. The van der Waals surface area contributed by atoms with Gasteiger partial charge in [0.2, 0.25) is 0 Å². The van der Waals surface area contributed by atoms with E-state index in [9.17, 15) is 14.7 Å². The lowest BCUT2D eigenvalue weighted by atomic mass is 10.00. The standard InChI is InChI=1S/C17H19NO4/c1-10(2)22-17(21)15-9-12-7-13(18(3)4)6-5-11(12)8-14(15)16(19)20/h5-10H,1-4H3,(H,19,20). The van der Waals surface area contributed by atoms with Crippen molar-refractivity contribution in [2.75, 3.05) is 19.0 Å². The van der Waals surface area contributed by atoms with Crippen LogP contribution < -0.4 is 4.90 Å². The maximum atomic E-state index is 12.1. The van der Waals surface area contributed by atoms with E-state index in [4.69, 9.17) is 4.74 Å². The number of rotatable bonds is 4. The van der Waals surface area contributed by atoms with E-state index in [-0.39, 0.29) is 17.2 Å². The van der Waals surface area contributed by atoms with Crippen LogP contribution >= 0.6 is 0 Å². The number of anilines is 1. The molecule has 2 rings (SSSR count). The summed E-state index contributed by atoms with van der Waals surface area (Å²) in [5, 5.41) is 10.9.